The van der Waals surface area contributed by atoms with E-state index >= 15 is 0 Å². The van der Waals surface area contributed by atoms with Crippen molar-refractivity contribution in [2.24, 2.45) is 0 Å². The summed E-state index contributed by atoms with van der Waals surface area (Å²) in [7, 11) is 0. The highest BCUT2D eigenvalue weighted by Gasteiger charge is 2.25. The monoisotopic (exact) mass is 267 g/mol. The first-order valence-corrected chi connectivity index (χ1v) is 7.98. The molecule has 2 unspecified atom stereocenters. The molecule has 1 aliphatic carbocycles. The fourth-order valence-electron chi connectivity index (χ4n) is 3.42. The van der Waals surface area contributed by atoms with E-state index in [4.69, 9.17) is 0 Å². The van der Waals surface area contributed by atoms with E-state index in [1.165, 1.54) is 38.5 Å². The first-order valence-electron chi connectivity index (χ1n) is 7.98. The molecule has 2 N–H and O–H groups in total. The van der Waals surface area contributed by atoms with Crippen LogP contribution in [-0.2, 0) is 4.79 Å². The van der Waals surface area contributed by atoms with Crippen LogP contribution in [0.4, 0.5) is 0 Å². The van der Waals surface area contributed by atoms with Crippen LogP contribution in [0, 0.1) is 0 Å². The van der Waals surface area contributed by atoms with Crippen molar-refractivity contribution in [3.63, 3.8) is 0 Å². The second kappa shape index (κ2) is 7.25. The Balaban J connectivity index is 1.70. The van der Waals surface area contributed by atoms with Gasteiger partial charge in [-0.3, -0.25) is 4.79 Å². The van der Waals surface area contributed by atoms with Crippen LogP contribution in [-0.4, -0.2) is 35.6 Å². The van der Waals surface area contributed by atoms with Crippen molar-refractivity contribution in [2.45, 2.75) is 83.3 Å². The maximum absolute atomic E-state index is 12.0. The van der Waals surface area contributed by atoms with Gasteiger partial charge in [0.25, 0.3) is 0 Å². The number of hydrogen-bond acceptors (Lipinski definition) is 3. The third-order valence-electron chi connectivity index (χ3n) is 4.59. The van der Waals surface area contributed by atoms with E-state index in [2.05, 4.69) is 29.6 Å². The zero-order valence-electron chi connectivity index (χ0n) is 12.5. The molecule has 2 fully saturated rings. The van der Waals surface area contributed by atoms with E-state index in [-0.39, 0.29) is 5.91 Å². The van der Waals surface area contributed by atoms with Crippen LogP contribution >= 0.6 is 0 Å². The number of hydrogen-bond donors (Lipinski definition) is 2. The molecular weight excluding hydrogens is 238 g/mol. The fourth-order valence-corrected chi connectivity index (χ4v) is 3.42. The van der Waals surface area contributed by atoms with Crippen molar-refractivity contribution in [3.05, 3.63) is 0 Å². The molecule has 0 aromatic heterocycles. The summed E-state index contributed by atoms with van der Waals surface area (Å²) in [5.41, 5.74) is 3.33. The predicted octanol–water partition coefficient (Wildman–Crippen LogP) is 2.20. The normalized spacial score (nSPS) is 30.2. The summed E-state index contributed by atoms with van der Waals surface area (Å²) in [6, 6.07) is 1.48. The maximum Gasteiger partial charge on any atom is 0.235 e. The molecule has 0 aromatic rings. The van der Waals surface area contributed by atoms with Gasteiger partial charge in [-0.25, -0.2) is 10.4 Å². The van der Waals surface area contributed by atoms with Crippen molar-refractivity contribution in [3.8, 4) is 0 Å². The van der Waals surface area contributed by atoms with Gasteiger partial charge in [-0.15, -0.1) is 0 Å². The van der Waals surface area contributed by atoms with E-state index in [9.17, 15) is 4.79 Å². The molecule has 1 saturated heterocycles. The quantitative estimate of drug-likeness (QED) is 0.821. The Morgan fingerprint density at radius 2 is 1.63 bits per heavy atom. The number of nitrogens with one attached hydrogen (secondary N) is 2. The molecular formula is C15H29N3O. The lowest BCUT2D eigenvalue weighted by Crippen LogP contribution is -2.55. The molecule has 1 saturated carbocycles. The van der Waals surface area contributed by atoms with Crippen molar-refractivity contribution >= 4 is 5.91 Å². The maximum atomic E-state index is 12.0. The number of amides is 1. The SMILES string of the molecule is CC1CCCC(C)N1NCC(=O)NC1CCCCC1. The molecule has 1 aliphatic heterocycles. The van der Waals surface area contributed by atoms with Gasteiger partial charge in [0.05, 0.1) is 6.54 Å². The summed E-state index contributed by atoms with van der Waals surface area (Å²) in [5.74, 6) is 0.150. The molecule has 4 nitrogen and oxygen atoms in total. The van der Waals surface area contributed by atoms with Crippen LogP contribution in [0.2, 0.25) is 0 Å². The van der Waals surface area contributed by atoms with Crippen LogP contribution in [0.1, 0.15) is 65.2 Å². The molecule has 2 aliphatic rings. The highest BCUT2D eigenvalue weighted by molar-refractivity contribution is 5.78. The van der Waals surface area contributed by atoms with Gasteiger partial charge in [0.15, 0.2) is 0 Å². The van der Waals surface area contributed by atoms with Crippen molar-refractivity contribution < 1.29 is 4.79 Å². The summed E-state index contributed by atoms with van der Waals surface area (Å²) < 4.78 is 0. The molecule has 2 rings (SSSR count). The summed E-state index contributed by atoms with van der Waals surface area (Å²) >= 11 is 0. The Morgan fingerprint density at radius 1 is 1.00 bits per heavy atom. The molecule has 1 amide bonds. The van der Waals surface area contributed by atoms with Gasteiger partial charge in [0.2, 0.25) is 5.91 Å². The van der Waals surface area contributed by atoms with Crippen LogP contribution in [0.25, 0.3) is 0 Å². The lowest BCUT2D eigenvalue weighted by Gasteiger charge is -2.39. The lowest BCUT2D eigenvalue weighted by molar-refractivity contribution is -0.122. The highest BCUT2D eigenvalue weighted by Crippen LogP contribution is 2.20. The van der Waals surface area contributed by atoms with Crippen LogP contribution in [0.5, 0.6) is 0 Å². The molecule has 0 aromatic carbocycles. The largest absolute Gasteiger partial charge is 0.352 e. The molecule has 0 bridgehead atoms. The first kappa shape index (κ1) is 14.8. The minimum absolute atomic E-state index is 0.150. The standard InChI is InChI=1S/C15H29N3O/c1-12-7-6-8-13(2)18(12)16-11-15(19)17-14-9-4-3-5-10-14/h12-14,16H,3-11H2,1-2H3,(H,17,19). The molecule has 110 valence electrons. The summed E-state index contributed by atoms with van der Waals surface area (Å²) in [6.07, 6.45) is 9.91. The average Bonchev–Trinajstić information content (AvgIpc) is 2.39. The van der Waals surface area contributed by atoms with Crippen LogP contribution in [0.15, 0.2) is 0 Å². The van der Waals surface area contributed by atoms with E-state index < -0.39 is 0 Å². The van der Waals surface area contributed by atoms with Gasteiger partial charge in [-0.05, 0) is 39.5 Å². The molecule has 2 atom stereocenters. The van der Waals surface area contributed by atoms with Gasteiger partial charge in [-0.2, -0.15) is 0 Å². The van der Waals surface area contributed by atoms with E-state index in [1.807, 2.05) is 0 Å². The average molecular weight is 267 g/mol. The zero-order valence-corrected chi connectivity index (χ0v) is 12.5. The predicted molar refractivity (Wildman–Crippen MR) is 77.6 cm³/mol. The van der Waals surface area contributed by atoms with Crippen molar-refractivity contribution in [1.29, 1.82) is 0 Å². The number of rotatable bonds is 4. The third kappa shape index (κ3) is 4.46. The topological polar surface area (TPSA) is 44.4 Å². The number of carbonyl (C=O) groups is 1. The smallest absolute Gasteiger partial charge is 0.235 e. The van der Waals surface area contributed by atoms with Gasteiger partial charge < -0.3 is 5.32 Å². The Bertz CT molecular complexity index is 279. The second-order valence-corrected chi connectivity index (χ2v) is 6.27. The van der Waals surface area contributed by atoms with Crippen molar-refractivity contribution in [1.82, 2.24) is 15.8 Å². The Hall–Kier alpha value is -0.610. The van der Waals surface area contributed by atoms with Crippen LogP contribution in [0.3, 0.4) is 0 Å². The Kier molecular flexibility index (Phi) is 5.64. The molecule has 4 heteroatoms. The van der Waals surface area contributed by atoms with E-state index in [0.717, 1.165) is 12.8 Å². The van der Waals surface area contributed by atoms with Gasteiger partial charge >= 0.3 is 0 Å². The second-order valence-electron chi connectivity index (χ2n) is 6.27. The first-order chi connectivity index (χ1) is 9.16. The van der Waals surface area contributed by atoms with Gasteiger partial charge in [0.1, 0.15) is 0 Å². The van der Waals surface area contributed by atoms with E-state index in [1.54, 1.807) is 0 Å². The molecule has 0 spiro atoms. The number of hydrazine groups is 1. The third-order valence-corrected chi connectivity index (χ3v) is 4.59. The number of carbonyl (C=O) groups excluding carboxylic acids is 1. The van der Waals surface area contributed by atoms with Crippen molar-refractivity contribution in [2.75, 3.05) is 6.54 Å². The minimum Gasteiger partial charge on any atom is -0.352 e. The number of nitrogens with zero attached hydrogens (tertiary/aromatic N) is 1. The molecule has 19 heavy (non-hydrogen) atoms. The van der Waals surface area contributed by atoms with E-state index in [0.29, 0.717) is 24.7 Å². The Morgan fingerprint density at radius 3 is 2.26 bits per heavy atom. The summed E-state index contributed by atoms with van der Waals surface area (Å²) in [5, 5.41) is 5.43. The minimum atomic E-state index is 0.150. The summed E-state index contributed by atoms with van der Waals surface area (Å²) in [6.45, 7) is 4.90. The van der Waals surface area contributed by atoms with Gasteiger partial charge in [0, 0.05) is 18.1 Å². The summed E-state index contributed by atoms with van der Waals surface area (Å²) in [4.78, 5) is 12.0. The van der Waals surface area contributed by atoms with Gasteiger partial charge in [-0.1, -0.05) is 25.7 Å². The fraction of sp³-hybridized carbons (Fsp3) is 0.933. The zero-order chi connectivity index (χ0) is 13.7. The lowest BCUT2D eigenvalue weighted by atomic mass is 9.95. The number of piperidine rings is 1. The Labute approximate surface area is 117 Å². The molecule has 0 radical (unpaired) electrons. The highest BCUT2D eigenvalue weighted by atomic mass is 16.2. The van der Waals surface area contributed by atoms with Crippen LogP contribution < -0.4 is 10.7 Å². The molecule has 1 heterocycles.